The van der Waals surface area contributed by atoms with Gasteiger partial charge in [0.2, 0.25) is 0 Å². The number of anilines is 1. The molecule has 4 rings (SSSR count). The Morgan fingerprint density at radius 2 is 1.56 bits per heavy atom. The average molecular weight is 428 g/mol. The number of amides is 2. The molecule has 0 saturated carbocycles. The molecule has 6 nitrogen and oxygen atoms in total. The number of pyridine rings is 1. The van der Waals surface area contributed by atoms with E-state index in [1.807, 2.05) is 57.2 Å². The normalized spacial score (nSPS) is 13.7. The number of aromatic nitrogens is 1. The number of imide groups is 1. The van der Waals surface area contributed by atoms with Crippen molar-refractivity contribution in [3.05, 3.63) is 94.9 Å². The Labute approximate surface area is 187 Å². The molecule has 2 amide bonds. The van der Waals surface area contributed by atoms with E-state index >= 15 is 0 Å². The topological polar surface area (TPSA) is 71.5 Å². The standard InChI is InChI=1S/C26H25N3O3/c1-4-32-22-7-5-20(6-8-22)23-24(28-21-14-17(2)13-18(3)15-21)26(31)29(25(23)30)16-19-9-11-27-12-10-19/h5-15,28H,4,16H2,1-3H3. The average Bonchev–Trinajstić information content (AvgIpc) is 2.99. The van der Waals surface area contributed by atoms with E-state index in [0.29, 0.717) is 23.5 Å². The van der Waals surface area contributed by atoms with Gasteiger partial charge in [-0.05, 0) is 79.4 Å². The van der Waals surface area contributed by atoms with Crippen molar-refractivity contribution in [2.45, 2.75) is 27.3 Å². The van der Waals surface area contributed by atoms with Crippen molar-refractivity contribution >= 4 is 23.1 Å². The van der Waals surface area contributed by atoms with Crippen molar-refractivity contribution in [2.75, 3.05) is 11.9 Å². The highest BCUT2D eigenvalue weighted by molar-refractivity contribution is 6.36. The number of ether oxygens (including phenoxy) is 1. The molecule has 1 aromatic heterocycles. The first-order valence-corrected chi connectivity index (χ1v) is 10.5. The lowest BCUT2D eigenvalue weighted by Crippen LogP contribution is -2.32. The largest absolute Gasteiger partial charge is 0.494 e. The van der Waals surface area contributed by atoms with Gasteiger partial charge in [0.25, 0.3) is 11.8 Å². The molecule has 3 aromatic rings. The molecule has 1 aliphatic heterocycles. The Morgan fingerprint density at radius 1 is 0.906 bits per heavy atom. The minimum Gasteiger partial charge on any atom is -0.494 e. The lowest BCUT2D eigenvalue weighted by Gasteiger charge is -2.15. The lowest BCUT2D eigenvalue weighted by molar-refractivity contribution is -0.137. The Bertz CT molecular complexity index is 1160. The van der Waals surface area contributed by atoms with Crippen molar-refractivity contribution in [1.29, 1.82) is 0 Å². The minimum absolute atomic E-state index is 0.179. The van der Waals surface area contributed by atoms with Gasteiger partial charge in [-0.2, -0.15) is 0 Å². The molecule has 1 aliphatic rings. The fourth-order valence-corrected chi connectivity index (χ4v) is 3.85. The summed E-state index contributed by atoms with van der Waals surface area (Å²) in [7, 11) is 0. The van der Waals surface area contributed by atoms with Gasteiger partial charge in [-0.1, -0.05) is 18.2 Å². The van der Waals surface area contributed by atoms with Gasteiger partial charge in [0, 0.05) is 18.1 Å². The molecule has 0 unspecified atom stereocenters. The first kappa shape index (κ1) is 21.3. The highest BCUT2D eigenvalue weighted by atomic mass is 16.5. The van der Waals surface area contributed by atoms with Crippen LogP contribution in [0.4, 0.5) is 5.69 Å². The zero-order valence-electron chi connectivity index (χ0n) is 18.4. The fourth-order valence-electron chi connectivity index (χ4n) is 3.85. The molecule has 6 heteroatoms. The van der Waals surface area contributed by atoms with Crippen LogP contribution in [0, 0.1) is 13.8 Å². The zero-order valence-corrected chi connectivity index (χ0v) is 18.4. The number of carbonyl (C=O) groups excluding carboxylic acids is 2. The molecule has 0 saturated heterocycles. The van der Waals surface area contributed by atoms with Crippen LogP contribution in [0.5, 0.6) is 5.75 Å². The predicted molar refractivity (Wildman–Crippen MR) is 124 cm³/mol. The van der Waals surface area contributed by atoms with Crippen molar-refractivity contribution in [3.63, 3.8) is 0 Å². The SMILES string of the molecule is CCOc1ccc(C2=C(Nc3cc(C)cc(C)c3)C(=O)N(Cc3ccncc3)C2=O)cc1. The Kier molecular flexibility index (Phi) is 6.03. The zero-order chi connectivity index (χ0) is 22.7. The fraction of sp³-hybridized carbons (Fsp3) is 0.192. The summed E-state index contributed by atoms with van der Waals surface area (Å²) in [5, 5.41) is 3.23. The summed E-state index contributed by atoms with van der Waals surface area (Å²) in [6.07, 6.45) is 3.30. The van der Waals surface area contributed by atoms with Crippen LogP contribution in [0.2, 0.25) is 0 Å². The van der Waals surface area contributed by atoms with E-state index in [0.717, 1.165) is 22.4 Å². The molecule has 0 bridgehead atoms. The van der Waals surface area contributed by atoms with Crippen molar-refractivity contribution < 1.29 is 14.3 Å². The van der Waals surface area contributed by atoms with Crippen LogP contribution < -0.4 is 10.1 Å². The Morgan fingerprint density at radius 3 is 2.19 bits per heavy atom. The maximum Gasteiger partial charge on any atom is 0.278 e. The molecule has 1 N–H and O–H groups in total. The molecule has 0 spiro atoms. The summed E-state index contributed by atoms with van der Waals surface area (Å²) >= 11 is 0. The summed E-state index contributed by atoms with van der Waals surface area (Å²) in [4.78, 5) is 32.1. The van der Waals surface area contributed by atoms with Gasteiger partial charge in [-0.3, -0.25) is 19.5 Å². The van der Waals surface area contributed by atoms with E-state index in [2.05, 4.69) is 16.4 Å². The van der Waals surface area contributed by atoms with E-state index in [4.69, 9.17) is 4.74 Å². The second-order valence-electron chi connectivity index (χ2n) is 7.76. The molecular formula is C26H25N3O3. The third-order valence-corrected chi connectivity index (χ3v) is 5.20. The first-order valence-electron chi connectivity index (χ1n) is 10.5. The van der Waals surface area contributed by atoms with Crippen LogP contribution in [0.3, 0.4) is 0 Å². The lowest BCUT2D eigenvalue weighted by atomic mass is 10.0. The summed E-state index contributed by atoms with van der Waals surface area (Å²) in [5.41, 5.74) is 5.04. The van der Waals surface area contributed by atoms with Crippen LogP contribution in [-0.4, -0.2) is 28.3 Å². The highest BCUT2D eigenvalue weighted by Crippen LogP contribution is 2.32. The predicted octanol–water partition coefficient (Wildman–Crippen LogP) is 4.49. The molecule has 0 radical (unpaired) electrons. The maximum absolute atomic E-state index is 13.4. The number of carbonyl (C=O) groups is 2. The molecule has 0 atom stereocenters. The number of nitrogens with one attached hydrogen (secondary N) is 1. The smallest absolute Gasteiger partial charge is 0.278 e. The molecule has 0 aliphatic carbocycles. The van der Waals surface area contributed by atoms with Gasteiger partial charge in [-0.25, -0.2) is 0 Å². The van der Waals surface area contributed by atoms with Gasteiger partial charge in [0.15, 0.2) is 0 Å². The number of aryl methyl sites for hydroxylation is 2. The Hall–Kier alpha value is -3.93. The number of nitrogens with zero attached hydrogens (tertiary/aromatic N) is 2. The van der Waals surface area contributed by atoms with Gasteiger partial charge in [0.1, 0.15) is 11.4 Å². The molecule has 162 valence electrons. The van der Waals surface area contributed by atoms with Crippen molar-refractivity contribution in [1.82, 2.24) is 9.88 Å². The van der Waals surface area contributed by atoms with Crippen LogP contribution >= 0.6 is 0 Å². The van der Waals surface area contributed by atoms with Gasteiger partial charge in [-0.15, -0.1) is 0 Å². The second-order valence-corrected chi connectivity index (χ2v) is 7.76. The van der Waals surface area contributed by atoms with E-state index in [1.54, 1.807) is 24.5 Å². The number of rotatable bonds is 7. The summed E-state index contributed by atoms with van der Waals surface area (Å²) in [5.74, 6) is 0.0313. The quantitative estimate of drug-likeness (QED) is 0.563. The molecule has 0 fully saturated rings. The van der Waals surface area contributed by atoms with E-state index < -0.39 is 0 Å². The number of hydrogen-bond donors (Lipinski definition) is 1. The maximum atomic E-state index is 13.4. The van der Waals surface area contributed by atoms with E-state index in [9.17, 15) is 9.59 Å². The van der Waals surface area contributed by atoms with Gasteiger partial charge in [0.05, 0.1) is 18.7 Å². The first-order chi connectivity index (χ1) is 15.5. The molecule has 2 heterocycles. The summed E-state index contributed by atoms with van der Waals surface area (Å²) in [6, 6.07) is 16.8. The van der Waals surface area contributed by atoms with Gasteiger partial charge < -0.3 is 10.1 Å². The molecular weight excluding hydrogens is 402 g/mol. The molecule has 32 heavy (non-hydrogen) atoms. The second kappa shape index (κ2) is 9.06. The van der Waals surface area contributed by atoms with Crippen LogP contribution in [0.15, 0.2) is 72.7 Å². The number of hydrogen-bond acceptors (Lipinski definition) is 5. The van der Waals surface area contributed by atoms with E-state index in [1.165, 1.54) is 4.90 Å². The van der Waals surface area contributed by atoms with Gasteiger partial charge >= 0.3 is 0 Å². The van der Waals surface area contributed by atoms with Crippen molar-refractivity contribution in [3.8, 4) is 5.75 Å². The number of benzene rings is 2. The highest BCUT2D eigenvalue weighted by Gasteiger charge is 2.39. The summed E-state index contributed by atoms with van der Waals surface area (Å²) < 4.78 is 5.52. The monoisotopic (exact) mass is 427 g/mol. The molecule has 2 aromatic carbocycles. The van der Waals surface area contributed by atoms with Crippen molar-refractivity contribution in [2.24, 2.45) is 0 Å². The van der Waals surface area contributed by atoms with Crippen LogP contribution in [-0.2, 0) is 16.1 Å². The van der Waals surface area contributed by atoms with E-state index in [-0.39, 0.29) is 24.1 Å². The van der Waals surface area contributed by atoms with Crippen LogP contribution in [0.25, 0.3) is 5.57 Å². The van der Waals surface area contributed by atoms with Crippen LogP contribution in [0.1, 0.15) is 29.2 Å². The minimum atomic E-state index is -0.352. The summed E-state index contributed by atoms with van der Waals surface area (Å²) in [6.45, 7) is 6.64. The third kappa shape index (κ3) is 4.39. The Balaban J connectivity index is 1.74. The third-order valence-electron chi connectivity index (χ3n) is 5.20.